The van der Waals surface area contributed by atoms with Crippen LogP contribution in [0.1, 0.15) is 67.6 Å². The van der Waals surface area contributed by atoms with Crippen LogP contribution in [0.2, 0.25) is 0 Å². The van der Waals surface area contributed by atoms with Crippen molar-refractivity contribution in [1.29, 1.82) is 0 Å². The molecule has 0 bridgehead atoms. The molecule has 10 nitrogen and oxygen atoms in total. The molecule has 0 radical (unpaired) electrons. The van der Waals surface area contributed by atoms with Gasteiger partial charge in [0.1, 0.15) is 6.04 Å². The van der Waals surface area contributed by atoms with E-state index in [0.29, 0.717) is 36.7 Å². The van der Waals surface area contributed by atoms with E-state index in [9.17, 15) is 14.4 Å². The second-order valence-electron chi connectivity index (χ2n) is 10.7. The second-order valence-corrected chi connectivity index (χ2v) is 13.1. The normalized spacial score (nSPS) is 26.3. The second kappa shape index (κ2) is 12.2. The first kappa shape index (κ1) is 27.9. The van der Waals surface area contributed by atoms with Crippen molar-refractivity contribution in [3.8, 4) is 0 Å². The van der Waals surface area contributed by atoms with E-state index in [1.54, 1.807) is 16.7 Å². The SMILES string of the molecule is NC(N)=NCCCC(NC(=O)C1CCC2SC(C3CCCCC3)C(N)C(=O)N21)C(=O)c1nc2ccccc2s1. The summed E-state index contributed by atoms with van der Waals surface area (Å²) in [7, 11) is 0. The number of fused-ring (bicyclic) bond motifs is 2. The van der Waals surface area contributed by atoms with Crippen LogP contribution in [0, 0.1) is 5.92 Å². The molecule has 3 heterocycles. The minimum atomic E-state index is -0.803. The Hall–Kier alpha value is -2.70. The number of ketones is 1. The fraction of sp³-hybridized carbons (Fsp3) is 0.593. The van der Waals surface area contributed by atoms with Crippen LogP contribution in [0.15, 0.2) is 29.3 Å². The molecule has 210 valence electrons. The summed E-state index contributed by atoms with van der Waals surface area (Å²) >= 11 is 3.08. The number of carbonyl (C=O) groups is 3. The number of nitrogens with zero attached hydrogens (tertiary/aromatic N) is 3. The van der Waals surface area contributed by atoms with Gasteiger partial charge < -0.3 is 27.4 Å². The standard InChI is InChI=1S/C27H37N7O3S2/c28-21-23(15-7-2-1-3-8-15)39-20-13-12-18(34(20)26(21)37)24(36)32-17(10-6-14-31-27(29)30)22(35)25-33-16-9-4-5-11-19(16)38-25/h4-5,9,11,15,17-18,20-21,23H,1-3,6-8,10,12-14,28H2,(H,32,36)(H4,29,30,31). The number of amides is 2. The molecule has 7 N–H and O–H groups in total. The maximum Gasteiger partial charge on any atom is 0.243 e. The molecule has 2 amide bonds. The summed E-state index contributed by atoms with van der Waals surface area (Å²) in [6.07, 6.45) is 8.00. The fourth-order valence-corrected chi connectivity index (χ4v) is 8.84. The van der Waals surface area contributed by atoms with Crippen molar-refractivity contribution < 1.29 is 14.4 Å². The van der Waals surface area contributed by atoms with Crippen LogP contribution in [-0.2, 0) is 9.59 Å². The van der Waals surface area contributed by atoms with E-state index in [-0.39, 0.29) is 34.2 Å². The molecule has 2 aliphatic heterocycles. The number of benzene rings is 1. The number of nitrogens with one attached hydrogen (secondary N) is 1. The highest BCUT2D eigenvalue weighted by Gasteiger charge is 2.51. The highest BCUT2D eigenvalue weighted by molar-refractivity contribution is 8.00. The molecule has 1 aromatic heterocycles. The van der Waals surface area contributed by atoms with E-state index in [2.05, 4.69) is 15.3 Å². The molecule has 5 rings (SSSR count). The Balaban J connectivity index is 1.30. The van der Waals surface area contributed by atoms with Gasteiger partial charge in [0.05, 0.1) is 27.7 Å². The van der Waals surface area contributed by atoms with Gasteiger partial charge in [-0.1, -0.05) is 31.4 Å². The third-order valence-corrected chi connectivity index (χ3v) is 10.9. The van der Waals surface area contributed by atoms with Gasteiger partial charge in [0.15, 0.2) is 11.0 Å². The Kier molecular flexibility index (Phi) is 8.73. The Morgan fingerprint density at radius 1 is 1.13 bits per heavy atom. The molecule has 0 spiro atoms. The van der Waals surface area contributed by atoms with Crippen molar-refractivity contribution in [3.63, 3.8) is 0 Å². The maximum atomic E-state index is 13.6. The van der Waals surface area contributed by atoms with Crippen LogP contribution in [0.4, 0.5) is 0 Å². The van der Waals surface area contributed by atoms with Crippen molar-refractivity contribution in [1.82, 2.24) is 15.2 Å². The number of guanidine groups is 1. The number of aliphatic imine (C=N–C) groups is 1. The van der Waals surface area contributed by atoms with E-state index in [1.807, 2.05) is 24.3 Å². The minimum absolute atomic E-state index is 0.0194. The topological polar surface area (TPSA) is 170 Å². The van der Waals surface area contributed by atoms with Gasteiger partial charge in [-0.3, -0.25) is 19.4 Å². The molecule has 1 aliphatic carbocycles. The van der Waals surface area contributed by atoms with Crippen molar-refractivity contribution >= 4 is 56.9 Å². The van der Waals surface area contributed by atoms with Gasteiger partial charge in [0.2, 0.25) is 17.6 Å². The van der Waals surface area contributed by atoms with Gasteiger partial charge in [-0.2, -0.15) is 0 Å². The lowest BCUT2D eigenvalue weighted by Gasteiger charge is -2.44. The minimum Gasteiger partial charge on any atom is -0.370 e. The van der Waals surface area contributed by atoms with Crippen molar-refractivity contribution in [2.75, 3.05) is 6.54 Å². The number of hydrogen-bond donors (Lipinski definition) is 4. The summed E-state index contributed by atoms with van der Waals surface area (Å²) in [5.74, 6) is -0.283. The molecule has 12 heteroatoms. The largest absolute Gasteiger partial charge is 0.370 e. The summed E-state index contributed by atoms with van der Waals surface area (Å²) in [5.41, 5.74) is 18.1. The lowest BCUT2D eigenvalue weighted by Crippen LogP contribution is -2.61. The molecule has 1 saturated carbocycles. The smallest absolute Gasteiger partial charge is 0.243 e. The van der Waals surface area contributed by atoms with Crippen LogP contribution >= 0.6 is 23.1 Å². The molecule has 39 heavy (non-hydrogen) atoms. The molecular formula is C27H37N7O3S2. The molecule has 3 aliphatic rings. The lowest BCUT2D eigenvalue weighted by molar-refractivity contribution is -0.141. The van der Waals surface area contributed by atoms with Crippen LogP contribution in [-0.4, -0.2) is 68.7 Å². The number of thiazole rings is 1. The number of thioether (sulfide) groups is 1. The Bertz CT molecular complexity index is 1210. The monoisotopic (exact) mass is 571 g/mol. The molecular weight excluding hydrogens is 534 g/mol. The van der Waals surface area contributed by atoms with E-state index in [0.717, 1.165) is 29.5 Å². The van der Waals surface area contributed by atoms with Gasteiger partial charge >= 0.3 is 0 Å². The molecule has 5 unspecified atom stereocenters. The maximum absolute atomic E-state index is 13.6. The average molecular weight is 572 g/mol. The van der Waals surface area contributed by atoms with Gasteiger partial charge in [-0.25, -0.2) is 4.98 Å². The van der Waals surface area contributed by atoms with Gasteiger partial charge in [0.25, 0.3) is 0 Å². The number of nitrogens with two attached hydrogens (primary N) is 3. The molecule has 2 saturated heterocycles. The summed E-state index contributed by atoms with van der Waals surface area (Å²) in [6.45, 7) is 0.339. The molecule has 3 fully saturated rings. The zero-order valence-corrected chi connectivity index (χ0v) is 23.6. The fourth-order valence-electron chi connectivity index (χ4n) is 6.08. The molecule has 2 aromatic rings. The van der Waals surface area contributed by atoms with E-state index >= 15 is 0 Å². The zero-order valence-electron chi connectivity index (χ0n) is 22.0. The van der Waals surface area contributed by atoms with Gasteiger partial charge in [-0.15, -0.1) is 23.1 Å². The third kappa shape index (κ3) is 6.07. The summed E-state index contributed by atoms with van der Waals surface area (Å²) in [4.78, 5) is 50.8. The van der Waals surface area contributed by atoms with Gasteiger partial charge in [-0.05, 0) is 56.6 Å². The Morgan fingerprint density at radius 2 is 1.90 bits per heavy atom. The number of carbonyl (C=O) groups excluding carboxylic acids is 3. The third-order valence-electron chi connectivity index (χ3n) is 8.04. The number of Topliss-reactive ketones (excluding diaryl/α,β-unsaturated/α-hetero) is 1. The van der Waals surface area contributed by atoms with E-state index in [1.165, 1.54) is 30.6 Å². The molecule has 1 aromatic carbocycles. The zero-order chi connectivity index (χ0) is 27.5. The predicted molar refractivity (Wildman–Crippen MR) is 155 cm³/mol. The van der Waals surface area contributed by atoms with Crippen molar-refractivity contribution in [2.24, 2.45) is 28.1 Å². The summed E-state index contributed by atoms with van der Waals surface area (Å²) in [6, 6.07) is 5.49. The van der Waals surface area contributed by atoms with Crippen molar-refractivity contribution in [2.45, 2.75) is 86.5 Å². The highest BCUT2D eigenvalue weighted by Crippen LogP contribution is 2.45. The lowest BCUT2D eigenvalue weighted by atomic mass is 9.84. The Labute approximate surface area is 236 Å². The first-order valence-corrected chi connectivity index (χ1v) is 15.6. The van der Waals surface area contributed by atoms with Crippen molar-refractivity contribution in [3.05, 3.63) is 29.3 Å². The van der Waals surface area contributed by atoms with E-state index < -0.39 is 18.1 Å². The van der Waals surface area contributed by atoms with Gasteiger partial charge in [0, 0.05) is 11.8 Å². The highest BCUT2D eigenvalue weighted by atomic mass is 32.2. The predicted octanol–water partition coefficient (Wildman–Crippen LogP) is 2.36. The van der Waals surface area contributed by atoms with E-state index in [4.69, 9.17) is 17.2 Å². The first-order chi connectivity index (χ1) is 18.8. The Morgan fingerprint density at radius 3 is 2.64 bits per heavy atom. The number of aromatic nitrogens is 1. The number of rotatable bonds is 9. The first-order valence-electron chi connectivity index (χ1n) is 13.8. The van der Waals surface area contributed by atoms with Crippen LogP contribution in [0.3, 0.4) is 0 Å². The number of para-hydroxylation sites is 1. The van der Waals surface area contributed by atoms with Crippen LogP contribution in [0.25, 0.3) is 10.2 Å². The van der Waals surface area contributed by atoms with Crippen LogP contribution < -0.4 is 22.5 Å². The average Bonchev–Trinajstić information content (AvgIpc) is 3.57. The molecule has 5 atom stereocenters. The summed E-state index contributed by atoms with van der Waals surface area (Å²) in [5, 5.41) is 3.34. The van der Waals surface area contributed by atoms with Crippen LogP contribution in [0.5, 0.6) is 0 Å². The summed E-state index contributed by atoms with van der Waals surface area (Å²) < 4.78 is 0.905. The quantitative estimate of drug-likeness (QED) is 0.154. The number of hydrogen-bond acceptors (Lipinski definition) is 8.